The Balaban J connectivity index is 0.000000441. The molecular formula is C36H47FO5S2Si2. The third kappa shape index (κ3) is 10.1. The van der Waals surface area contributed by atoms with Crippen molar-refractivity contribution in [2.45, 2.75) is 97.4 Å². The van der Waals surface area contributed by atoms with Gasteiger partial charge >= 0.3 is 0 Å². The van der Waals surface area contributed by atoms with Crippen molar-refractivity contribution >= 4 is 37.6 Å². The van der Waals surface area contributed by atoms with E-state index in [-0.39, 0.29) is 10.9 Å². The van der Waals surface area contributed by atoms with Gasteiger partial charge in [0.1, 0.15) is 27.4 Å². The third-order valence-corrected chi connectivity index (χ3v) is 20.9. The fourth-order valence-electron chi connectivity index (χ4n) is 5.29. The SMILES string of the molecule is CC[Si](CC)(CC)Oc1ccc([S+](c2ccccc2)c2ccc(O[Si](CC)(CC)CC)cc2)cc1.O=S(=O)([O-])c1ccc(F)cc1. The molecular weight excluding hydrogens is 652 g/mol. The van der Waals surface area contributed by atoms with Gasteiger partial charge in [-0.2, -0.15) is 0 Å². The summed E-state index contributed by atoms with van der Waals surface area (Å²) in [6.07, 6.45) is 0. The predicted octanol–water partition coefficient (Wildman–Crippen LogP) is 10.3. The molecule has 0 saturated heterocycles. The lowest BCUT2D eigenvalue weighted by Gasteiger charge is -2.29. The average molecular weight is 699 g/mol. The number of hydrogen-bond donors (Lipinski definition) is 0. The minimum atomic E-state index is -4.44. The van der Waals surface area contributed by atoms with E-state index in [2.05, 4.69) is 120 Å². The largest absolute Gasteiger partial charge is 0.744 e. The van der Waals surface area contributed by atoms with Crippen LogP contribution < -0.4 is 8.85 Å². The molecule has 0 atom stereocenters. The van der Waals surface area contributed by atoms with E-state index in [4.69, 9.17) is 8.85 Å². The molecule has 46 heavy (non-hydrogen) atoms. The molecule has 0 N–H and O–H groups in total. The van der Waals surface area contributed by atoms with Gasteiger partial charge in [-0.15, -0.1) is 0 Å². The molecule has 0 unspecified atom stereocenters. The first kappa shape index (κ1) is 37.6. The van der Waals surface area contributed by atoms with E-state index in [9.17, 15) is 17.4 Å². The second-order valence-corrected chi connectivity index (χ2v) is 24.0. The summed E-state index contributed by atoms with van der Waals surface area (Å²) >= 11 is 0. The highest BCUT2D eigenvalue weighted by Gasteiger charge is 2.33. The molecule has 4 aromatic rings. The van der Waals surface area contributed by atoms with Crippen LogP contribution in [0, 0.1) is 5.82 Å². The maximum atomic E-state index is 12.2. The van der Waals surface area contributed by atoms with Crippen LogP contribution in [-0.2, 0) is 21.0 Å². The smallest absolute Gasteiger partial charge is 0.250 e. The minimum Gasteiger partial charge on any atom is -0.744 e. The van der Waals surface area contributed by atoms with Gasteiger partial charge in [-0.25, -0.2) is 12.8 Å². The van der Waals surface area contributed by atoms with E-state index >= 15 is 0 Å². The second kappa shape index (κ2) is 17.3. The second-order valence-electron chi connectivity index (χ2n) is 11.2. The Morgan fingerprint density at radius 1 is 0.565 bits per heavy atom. The van der Waals surface area contributed by atoms with Crippen molar-refractivity contribution in [2.24, 2.45) is 0 Å². The van der Waals surface area contributed by atoms with Gasteiger partial charge in [0.15, 0.2) is 14.7 Å². The monoisotopic (exact) mass is 698 g/mol. The summed E-state index contributed by atoms with van der Waals surface area (Å²) in [5, 5.41) is 0. The van der Waals surface area contributed by atoms with E-state index < -0.39 is 37.5 Å². The Bertz CT molecular complexity index is 1490. The number of hydrogen-bond acceptors (Lipinski definition) is 5. The standard InChI is InChI=1S/C30H43O2SSi2.C6H5FO3S/c1-7-34(8-2,9-3)31-26-18-22-29(23-19-26)33(28-16-14-13-15-17-28)30-24-20-27(21-25-30)32-35(10-4,11-5)12-6;7-5-1-3-6(4-2-5)11(8,9)10/h13-25H,7-12H2,1-6H3;1-4H,(H,8,9,10)/q+1;/p-1. The van der Waals surface area contributed by atoms with Gasteiger partial charge in [-0.1, -0.05) is 59.7 Å². The van der Waals surface area contributed by atoms with Crippen molar-refractivity contribution in [3.8, 4) is 11.5 Å². The molecule has 0 amide bonds. The Morgan fingerprint density at radius 3 is 1.24 bits per heavy atom. The molecule has 4 rings (SSSR count). The number of rotatable bonds is 14. The van der Waals surface area contributed by atoms with Crippen LogP contribution in [0.1, 0.15) is 41.5 Å². The fraction of sp³-hybridized carbons (Fsp3) is 0.333. The van der Waals surface area contributed by atoms with Crippen LogP contribution in [0.4, 0.5) is 4.39 Å². The van der Waals surface area contributed by atoms with Crippen LogP contribution in [0.3, 0.4) is 0 Å². The normalized spacial score (nSPS) is 11.9. The van der Waals surface area contributed by atoms with Crippen molar-refractivity contribution in [3.63, 3.8) is 0 Å². The van der Waals surface area contributed by atoms with Crippen LogP contribution >= 0.6 is 0 Å². The van der Waals surface area contributed by atoms with Crippen molar-refractivity contribution in [2.75, 3.05) is 0 Å². The first-order valence-corrected chi connectivity index (χ1v) is 23.8. The van der Waals surface area contributed by atoms with E-state index in [0.29, 0.717) is 0 Å². The van der Waals surface area contributed by atoms with Crippen molar-refractivity contribution < 1.29 is 26.2 Å². The summed E-state index contributed by atoms with van der Waals surface area (Å²) in [5.74, 6) is 1.47. The lowest BCUT2D eigenvalue weighted by molar-refractivity contribution is 0.463. The van der Waals surface area contributed by atoms with Crippen LogP contribution in [0.25, 0.3) is 0 Å². The van der Waals surface area contributed by atoms with Crippen molar-refractivity contribution in [3.05, 3.63) is 109 Å². The highest BCUT2D eigenvalue weighted by atomic mass is 32.2. The molecule has 0 aliphatic heterocycles. The maximum Gasteiger partial charge on any atom is 0.250 e. The van der Waals surface area contributed by atoms with Crippen LogP contribution in [0.5, 0.6) is 11.5 Å². The molecule has 0 heterocycles. The molecule has 5 nitrogen and oxygen atoms in total. The summed E-state index contributed by atoms with van der Waals surface area (Å²) in [4.78, 5) is 3.54. The third-order valence-electron chi connectivity index (χ3n) is 8.73. The van der Waals surface area contributed by atoms with Gasteiger partial charge in [0.2, 0.25) is 16.6 Å². The summed E-state index contributed by atoms with van der Waals surface area (Å²) in [7, 11) is -7.96. The lowest BCUT2D eigenvalue weighted by Crippen LogP contribution is -2.39. The van der Waals surface area contributed by atoms with Crippen molar-refractivity contribution in [1.29, 1.82) is 0 Å². The topological polar surface area (TPSA) is 75.7 Å². The van der Waals surface area contributed by atoms with Crippen LogP contribution in [0.15, 0.2) is 123 Å². The van der Waals surface area contributed by atoms with Gasteiger partial charge in [-0.3, -0.25) is 0 Å². The van der Waals surface area contributed by atoms with Crippen molar-refractivity contribution in [1.82, 2.24) is 0 Å². The molecule has 10 heteroatoms. The highest BCUT2D eigenvalue weighted by molar-refractivity contribution is 7.97. The van der Waals surface area contributed by atoms with E-state index in [0.717, 1.165) is 72.0 Å². The van der Waals surface area contributed by atoms with Gasteiger partial charge in [0.25, 0.3) is 0 Å². The molecule has 4 aromatic carbocycles. The van der Waals surface area contributed by atoms with E-state index in [1.54, 1.807) is 0 Å². The Labute approximate surface area is 280 Å². The molecule has 248 valence electrons. The van der Waals surface area contributed by atoms with Gasteiger partial charge < -0.3 is 13.4 Å². The molecule has 0 spiro atoms. The van der Waals surface area contributed by atoms with Crippen LogP contribution in [-0.4, -0.2) is 29.6 Å². The van der Waals surface area contributed by atoms with Gasteiger partial charge in [-0.05, 0) is 121 Å². The van der Waals surface area contributed by atoms with Crippen LogP contribution in [0.2, 0.25) is 36.3 Å². The maximum absolute atomic E-state index is 12.2. The number of benzene rings is 4. The predicted molar refractivity (Wildman–Crippen MR) is 192 cm³/mol. The first-order valence-electron chi connectivity index (χ1n) is 16.1. The number of halogens is 1. The Kier molecular flexibility index (Phi) is 14.1. The molecule has 0 bridgehead atoms. The Morgan fingerprint density at radius 2 is 0.913 bits per heavy atom. The molecule has 0 fully saturated rings. The fourth-order valence-corrected chi connectivity index (χ4v) is 13.0. The van der Waals surface area contributed by atoms with E-state index in [1.807, 2.05) is 0 Å². The molecule has 0 aliphatic rings. The Hall–Kier alpha value is -2.90. The molecule has 0 aromatic heterocycles. The minimum absolute atomic E-state index is 0.177. The van der Waals surface area contributed by atoms with Gasteiger partial charge in [0, 0.05) is 0 Å². The summed E-state index contributed by atoms with van der Waals surface area (Å²) in [6, 6.07) is 39.3. The zero-order valence-corrected chi connectivity index (χ0v) is 31.4. The molecule has 0 aliphatic carbocycles. The quantitative estimate of drug-likeness (QED) is 0.0744. The highest BCUT2D eigenvalue weighted by Crippen LogP contribution is 2.35. The average Bonchev–Trinajstić information content (AvgIpc) is 3.08. The first-order chi connectivity index (χ1) is 22.0. The molecule has 0 saturated carbocycles. The molecule has 0 radical (unpaired) electrons. The zero-order valence-electron chi connectivity index (χ0n) is 27.8. The van der Waals surface area contributed by atoms with Gasteiger partial charge in [0.05, 0.1) is 15.8 Å². The lowest BCUT2D eigenvalue weighted by atomic mass is 10.3. The van der Waals surface area contributed by atoms with E-state index in [1.165, 1.54) is 14.7 Å². The summed E-state index contributed by atoms with van der Waals surface area (Å²) < 4.78 is 56.2. The summed E-state index contributed by atoms with van der Waals surface area (Å²) in [6.45, 7) is 13.7. The zero-order chi connectivity index (χ0) is 33.8. The summed E-state index contributed by atoms with van der Waals surface area (Å²) in [5.41, 5.74) is 0.